The average Bonchev–Trinajstić information content (AvgIpc) is 3.28. The van der Waals surface area contributed by atoms with Crippen LogP contribution >= 0.6 is 11.6 Å². The van der Waals surface area contributed by atoms with Crippen molar-refractivity contribution >= 4 is 28.4 Å². The number of fused-ring (bicyclic) bond motifs is 1. The van der Waals surface area contributed by atoms with Crippen molar-refractivity contribution in [3.05, 3.63) is 74.7 Å². The molecule has 0 saturated heterocycles. The predicted molar refractivity (Wildman–Crippen MR) is 113 cm³/mol. The van der Waals surface area contributed by atoms with E-state index < -0.39 is 0 Å². The summed E-state index contributed by atoms with van der Waals surface area (Å²) in [6, 6.07) is 10.8. The highest BCUT2D eigenvalue weighted by atomic mass is 35.5. The highest BCUT2D eigenvalue weighted by molar-refractivity contribution is 6.30. The number of hydrogen-bond donors (Lipinski definition) is 1. The molecule has 3 aromatic heterocycles. The number of halogens is 1. The molecule has 154 valence electrons. The smallest absolute Gasteiger partial charge is 0.278 e. The summed E-state index contributed by atoms with van der Waals surface area (Å²) in [4.78, 5) is 25.4. The number of amides is 1. The van der Waals surface area contributed by atoms with Crippen LogP contribution in [0.5, 0.6) is 0 Å². The number of aromatic nitrogens is 4. The van der Waals surface area contributed by atoms with Crippen molar-refractivity contribution in [3.8, 4) is 5.69 Å². The average molecular weight is 426 g/mol. The first-order chi connectivity index (χ1) is 14.3. The Balaban J connectivity index is 1.64. The van der Waals surface area contributed by atoms with E-state index in [-0.39, 0.29) is 24.6 Å². The van der Waals surface area contributed by atoms with Crippen LogP contribution in [0.2, 0.25) is 5.02 Å². The summed E-state index contributed by atoms with van der Waals surface area (Å²) in [6.07, 6.45) is 0. The third-order valence-corrected chi connectivity index (χ3v) is 5.05. The Morgan fingerprint density at radius 3 is 2.50 bits per heavy atom. The van der Waals surface area contributed by atoms with Crippen molar-refractivity contribution in [2.75, 3.05) is 0 Å². The van der Waals surface area contributed by atoms with Gasteiger partial charge in [-0.3, -0.25) is 9.59 Å². The number of carbonyl (C=O) groups excluding carboxylic acids is 1. The normalized spacial score (nSPS) is 11.2. The molecule has 0 fully saturated rings. The molecule has 0 unspecified atom stereocenters. The second-order valence-corrected chi connectivity index (χ2v) is 7.47. The minimum absolute atomic E-state index is 0.194. The lowest BCUT2D eigenvalue weighted by Gasteiger charge is -2.07. The summed E-state index contributed by atoms with van der Waals surface area (Å²) in [7, 11) is 0. The lowest BCUT2D eigenvalue weighted by molar-refractivity contribution is -0.122. The van der Waals surface area contributed by atoms with Crippen LogP contribution in [0.1, 0.15) is 22.9 Å². The van der Waals surface area contributed by atoms with Gasteiger partial charge < -0.3 is 9.73 Å². The number of nitrogens with one attached hydrogen (secondary N) is 1. The van der Waals surface area contributed by atoms with E-state index in [1.807, 2.05) is 32.0 Å². The Hall–Kier alpha value is -3.39. The zero-order valence-electron chi connectivity index (χ0n) is 16.8. The van der Waals surface area contributed by atoms with Crippen molar-refractivity contribution in [1.82, 2.24) is 24.9 Å². The quantitative estimate of drug-likeness (QED) is 0.530. The molecule has 0 aliphatic heterocycles. The molecule has 4 aromatic rings. The molecular weight excluding hydrogens is 406 g/mol. The first kappa shape index (κ1) is 19.9. The summed E-state index contributed by atoms with van der Waals surface area (Å²) in [6.45, 7) is 5.46. The number of rotatable bonds is 5. The fraction of sp³-hybridized carbons (Fsp3) is 0.238. The summed E-state index contributed by atoms with van der Waals surface area (Å²) in [5.74, 6) is 1.08. The van der Waals surface area contributed by atoms with Crippen LogP contribution in [-0.2, 0) is 17.9 Å². The number of benzene rings is 1. The lowest BCUT2D eigenvalue weighted by atomic mass is 10.2. The molecule has 30 heavy (non-hydrogen) atoms. The fourth-order valence-electron chi connectivity index (χ4n) is 3.31. The summed E-state index contributed by atoms with van der Waals surface area (Å²) in [5, 5.41) is 12.6. The van der Waals surface area contributed by atoms with Crippen LogP contribution in [0, 0.1) is 20.8 Å². The van der Waals surface area contributed by atoms with E-state index in [1.165, 1.54) is 4.68 Å². The van der Waals surface area contributed by atoms with Gasteiger partial charge in [0.15, 0.2) is 0 Å². The molecule has 0 atom stereocenters. The van der Waals surface area contributed by atoms with Crippen molar-refractivity contribution in [2.45, 2.75) is 33.9 Å². The van der Waals surface area contributed by atoms with Gasteiger partial charge in [0.25, 0.3) is 5.56 Å². The van der Waals surface area contributed by atoms with Crippen LogP contribution in [0.15, 0.2) is 45.6 Å². The molecule has 1 amide bonds. The maximum atomic E-state index is 13.0. The number of furan rings is 1. The Bertz CT molecular complexity index is 1300. The van der Waals surface area contributed by atoms with Gasteiger partial charge in [-0.2, -0.15) is 10.2 Å². The molecule has 0 radical (unpaired) electrons. The van der Waals surface area contributed by atoms with Gasteiger partial charge in [-0.15, -0.1) is 0 Å². The highest BCUT2D eigenvalue weighted by Gasteiger charge is 2.18. The summed E-state index contributed by atoms with van der Waals surface area (Å²) < 4.78 is 8.28. The lowest BCUT2D eigenvalue weighted by Crippen LogP contribution is -2.33. The Morgan fingerprint density at radius 1 is 1.10 bits per heavy atom. The zero-order valence-corrected chi connectivity index (χ0v) is 17.5. The fourth-order valence-corrected chi connectivity index (χ4v) is 3.44. The molecule has 0 aliphatic rings. The minimum Gasteiger partial charge on any atom is -0.465 e. The van der Waals surface area contributed by atoms with Gasteiger partial charge in [-0.25, -0.2) is 9.36 Å². The van der Waals surface area contributed by atoms with E-state index in [0.717, 1.165) is 11.4 Å². The number of nitrogens with zero attached hydrogens (tertiary/aromatic N) is 4. The van der Waals surface area contributed by atoms with Gasteiger partial charge in [-0.05, 0) is 57.2 Å². The molecule has 0 bridgehead atoms. The summed E-state index contributed by atoms with van der Waals surface area (Å²) >= 11 is 5.97. The first-order valence-electron chi connectivity index (χ1n) is 9.38. The summed E-state index contributed by atoms with van der Waals surface area (Å²) in [5.41, 5.74) is 2.16. The van der Waals surface area contributed by atoms with Crippen molar-refractivity contribution < 1.29 is 9.21 Å². The van der Waals surface area contributed by atoms with Crippen LogP contribution in [0.3, 0.4) is 0 Å². The minimum atomic E-state index is -0.364. The van der Waals surface area contributed by atoms with Crippen LogP contribution in [-0.4, -0.2) is 25.5 Å². The molecule has 1 N–H and O–H groups in total. The van der Waals surface area contributed by atoms with Crippen LogP contribution < -0.4 is 10.9 Å². The topological polar surface area (TPSA) is 95.0 Å². The highest BCUT2D eigenvalue weighted by Crippen LogP contribution is 2.21. The van der Waals surface area contributed by atoms with E-state index in [9.17, 15) is 9.59 Å². The first-order valence-corrected chi connectivity index (χ1v) is 9.76. The van der Waals surface area contributed by atoms with E-state index >= 15 is 0 Å². The molecule has 0 aliphatic carbocycles. The van der Waals surface area contributed by atoms with E-state index in [1.54, 1.807) is 29.8 Å². The molecule has 0 saturated carbocycles. The molecule has 1 aromatic carbocycles. The van der Waals surface area contributed by atoms with E-state index in [0.29, 0.717) is 33.1 Å². The maximum absolute atomic E-state index is 13.0. The Morgan fingerprint density at radius 2 is 1.83 bits per heavy atom. The second kappa shape index (κ2) is 7.79. The zero-order chi connectivity index (χ0) is 21.4. The molecule has 3 heterocycles. The Labute approximate surface area is 177 Å². The predicted octanol–water partition coefficient (Wildman–Crippen LogP) is 3.07. The standard InChI is InChI=1S/C21H20ClN5O3/c1-12-4-9-17(30-12)10-23-18(28)11-26-21(29)19-14(3)27(25-20(19)13(2)24-26)16-7-5-15(22)6-8-16/h4-9H,10-11H2,1-3H3,(H,23,28). The SMILES string of the molecule is Cc1ccc(CNC(=O)Cn2nc(C)c3nn(-c4ccc(Cl)cc4)c(C)c3c2=O)o1. The molecule has 8 nitrogen and oxygen atoms in total. The molecule has 0 spiro atoms. The third-order valence-electron chi connectivity index (χ3n) is 4.80. The van der Waals surface area contributed by atoms with Crippen LogP contribution in [0.25, 0.3) is 16.6 Å². The third kappa shape index (κ3) is 3.73. The van der Waals surface area contributed by atoms with Gasteiger partial charge in [0.05, 0.1) is 29.0 Å². The van der Waals surface area contributed by atoms with Crippen molar-refractivity contribution in [1.29, 1.82) is 0 Å². The van der Waals surface area contributed by atoms with Crippen molar-refractivity contribution in [2.24, 2.45) is 0 Å². The number of carbonyl (C=O) groups is 1. The maximum Gasteiger partial charge on any atom is 0.278 e. The number of hydrogen-bond acceptors (Lipinski definition) is 5. The van der Waals surface area contributed by atoms with E-state index in [2.05, 4.69) is 15.5 Å². The Kier molecular flexibility index (Phi) is 5.17. The van der Waals surface area contributed by atoms with Crippen molar-refractivity contribution in [3.63, 3.8) is 0 Å². The molecular formula is C21H20ClN5O3. The van der Waals surface area contributed by atoms with Gasteiger partial charge in [-0.1, -0.05) is 11.6 Å². The second-order valence-electron chi connectivity index (χ2n) is 7.03. The van der Waals surface area contributed by atoms with E-state index in [4.69, 9.17) is 16.0 Å². The monoisotopic (exact) mass is 425 g/mol. The van der Waals surface area contributed by atoms with Gasteiger partial charge in [0, 0.05) is 5.02 Å². The number of aryl methyl sites for hydroxylation is 3. The molecule has 9 heteroatoms. The van der Waals surface area contributed by atoms with Gasteiger partial charge in [0.2, 0.25) is 5.91 Å². The van der Waals surface area contributed by atoms with Gasteiger partial charge >= 0.3 is 0 Å². The van der Waals surface area contributed by atoms with Gasteiger partial charge in [0.1, 0.15) is 23.6 Å². The largest absolute Gasteiger partial charge is 0.465 e. The van der Waals surface area contributed by atoms with Crippen LogP contribution in [0.4, 0.5) is 0 Å². The molecule has 4 rings (SSSR count).